The molecule has 0 bridgehead atoms. The molecule has 1 aromatic carbocycles. The molecule has 0 amide bonds. The molecule has 1 aromatic rings. The van der Waals surface area contributed by atoms with E-state index in [1.807, 2.05) is 13.1 Å². The van der Waals surface area contributed by atoms with Gasteiger partial charge in [0, 0.05) is 42.3 Å². The summed E-state index contributed by atoms with van der Waals surface area (Å²) in [5.41, 5.74) is 2.62. The highest BCUT2D eigenvalue weighted by Gasteiger charge is 2.59. The van der Waals surface area contributed by atoms with Crippen molar-refractivity contribution in [3.05, 3.63) is 29.8 Å². The van der Waals surface area contributed by atoms with Crippen molar-refractivity contribution in [2.45, 2.75) is 37.7 Å². The van der Waals surface area contributed by atoms with E-state index in [4.69, 9.17) is 4.74 Å². The molecule has 1 spiro atoms. The Morgan fingerprint density at radius 1 is 1.45 bits per heavy atom. The molecule has 1 saturated carbocycles. The highest BCUT2D eigenvalue weighted by Crippen LogP contribution is 2.59. The number of aromatic hydroxyl groups is 1. The third-order valence-corrected chi connectivity index (χ3v) is 5.93. The molecular formula is C18H21NO3. The van der Waals surface area contributed by atoms with Crippen LogP contribution in [0.2, 0.25) is 0 Å². The second-order valence-electron chi connectivity index (χ2n) is 6.90. The zero-order valence-corrected chi connectivity index (χ0v) is 13.1. The van der Waals surface area contributed by atoms with E-state index >= 15 is 0 Å². The summed E-state index contributed by atoms with van der Waals surface area (Å²) in [7, 11) is 2.03. The van der Waals surface area contributed by atoms with Crippen LogP contribution in [-0.2, 0) is 10.2 Å². The topological polar surface area (TPSA) is 49.8 Å². The lowest BCUT2D eigenvalue weighted by molar-refractivity contribution is -0.132. The van der Waals surface area contributed by atoms with E-state index in [2.05, 4.69) is 18.4 Å². The van der Waals surface area contributed by atoms with Gasteiger partial charge < -0.3 is 14.7 Å². The van der Waals surface area contributed by atoms with Gasteiger partial charge in [-0.3, -0.25) is 4.79 Å². The number of nitrogens with zero attached hydrogens (tertiary/aromatic N) is 1. The van der Waals surface area contributed by atoms with E-state index in [-0.39, 0.29) is 16.9 Å². The summed E-state index contributed by atoms with van der Waals surface area (Å²) < 4.78 is 6.02. The molecule has 116 valence electrons. The number of phenolic OH excluding ortho intramolecular Hbond substituents is 1. The molecule has 0 saturated heterocycles. The van der Waals surface area contributed by atoms with Gasteiger partial charge in [0.05, 0.1) is 0 Å². The summed E-state index contributed by atoms with van der Waals surface area (Å²) in [5, 5.41) is 10.3. The molecule has 4 nitrogen and oxygen atoms in total. The molecule has 1 N–H and O–H groups in total. The Bertz CT molecular complexity index is 696. The van der Waals surface area contributed by atoms with E-state index in [0.29, 0.717) is 18.1 Å². The molecule has 0 radical (unpaired) electrons. The summed E-state index contributed by atoms with van der Waals surface area (Å²) >= 11 is 0. The van der Waals surface area contributed by atoms with Gasteiger partial charge in [-0.25, -0.2) is 0 Å². The quantitative estimate of drug-likeness (QED) is 0.800. The van der Waals surface area contributed by atoms with Crippen molar-refractivity contribution in [3.63, 3.8) is 0 Å². The minimum atomic E-state index is -0.461. The van der Waals surface area contributed by atoms with Crippen LogP contribution in [0.1, 0.15) is 37.3 Å². The van der Waals surface area contributed by atoms with Gasteiger partial charge in [0.1, 0.15) is 0 Å². The third-order valence-electron chi connectivity index (χ3n) is 5.93. The number of ether oxygens (including phenoxy) is 1. The van der Waals surface area contributed by atoms with Gasteiger partial charge in [-0.15, -0.1) is 0 Å². The van der Waals surface area contributed by atoms with Crippen molar-refractivity contribution in [1.29, 1.82) is 0 Å². The van der Waals surface area contributed by atoms with Crippen LogP contribution in [0.5, 0.6) is 11.5 Å². The molecule has 3 atom stereocenters. The Hall–Kier alpha value is -1.97. The van der Waals surface area contributed by atoms with E-state index in [0.717, 1.165) is 36.2 Å². The standard InChI is InChI=1S/C18H21NO3/c1-10-4-6-14(21)17-18(10)8-9-19(3)11(2)12-5-7-13(20)16(22-17)15(12)18/h5,7,10,17,20H,2,4,6,8-9H2,1,3H3/t10-,17+,18+/m1/s1. The molecule has 1 aliphatic carbocycles. The fraction of sp³-hybridized carbons (Fsp3) is 0.500. The highest BCUT2D eigenvalue weighted by atomic mass is 16.5. The molecule has 3 aliphatic rings. The average Bonchev–Trinajstić information content (AvgIpc) is 2.82. The lowest BCUT2D eigenvalue weighted by atomic mass is 9.60. The maximum Gasteiger partial charge on any atom is 0.174 e. The molecule has 0 unspecified atom stereocenters. The van der Waals surface area contributed by atoms with Gasteiger partial charge in [-0.05, 0) is 30.9 Å². The van der Waals surface area contributed by atoms with Crippen LogP contribution >= 0.6 is 0 Å². The first-order valence-electron chi connectivity index (χ1n) is 7.93. The van der Waals surface area contributed by atoms with Crippen molar-refractivity contribution in [2.24, 2.45) is 5.92 Å². The van der Waals surface area contributed by atoms with E-state index < -0.39 is 6.10 Å². The van der Waals surface area contributed by atoms with Crippen molar-refractivity contribution < 1.29 is 14.6 Å². The summed E-state index contributed by atoms with van der Waals surface area (Å²) in [6.45, 7) is 7.26. The number of hydrogen-bond acceptors (Lipinski definition) is 4. The summed E-state index contributed by atoms with van der Waals surface area (Å²) in [6.07, 6.45) is 1.83. The predicted molar refractivity (Wildman–Crippen MR) is 83.9 cm³/mol. The Labute approximate surface area is 130 Å². The zero-order valence-electron chi connectivity index (χ0n) is 13.1. The van der Waals surface area contributed by atoms with Crippen LogP contribution in [-0.4, -0.2) is 35.5 Å². The van der Waals surface area contributed by atoms with Crippen LogP contribution in [0.15, 0.2) is 18.7 Å². The molecule has 0 aromatic heterocycles. The smallest absolute Gasteiger partial charge is 0.174 e. The number of carbonyl (C=O) groups excluding carboxylic acids is 1. The second-order valence-corrected chi connectivity index (χ2v) is 6.90. The summed E-state index contributed by atoms with van der Waals surface area (Å²) in [4.78, 5) is 14.7. The molecule has 1 fully saturated rings. The Kier molecular flexibility index (Phi) is 2.66. The number of benzene rings is 1. The van der Waals surface area contributed by atoms with Crippen molar-refractivity contribution in [1.82, 2.24) is 4.90 Å². The van der Waals surface area contributed by atoms with Crippen molar-refractivity contribution >= 4 is 11.5 Å². The number of carbonyl (C=O) groups is 1. The lowest BCUT2D eigenvalue weighted by Gasteiger charge is -2.42. The summed E-state index contributed by atoms with van der Waals surface area (Å²) in [6, 6.07) is 3.57. The van der Waals surface area contributed by atoms with Crippen LogP contribution in [0.4, 0.5) is 0 Å². The Morgan fingerprint density at radius 3 is 3.00 bits per heavy atom. The normalized spacial score (nSPS) is 33.1. The molecule has 4 heteroatoms. The Balaban J connectivity index is 2.05. The van der Waals surface area contributed by atoms with E-state index in [9.17, 15) is 9.90 Å². The fourth-order valence-corrected chi connectivity index (χ4v) is 4.55. The molecule has 2 aliphatic heterocycles. The number of hydrogen-bond donors (Lipinski definition) is 1. The number of phenols is 1. The SMILES string of the molecule is C=C1c2ccc(O)c3c2[C@]2(CCN1C)[C@H](C)CCC(=O)[C@@H]2O3. The maximum absolute atomic E-state index is 12.5. The van der Waals surface area contributed by atoms with Crippen molar-refractivity contribution in [2.75, 3.05) is 13.6 Å². The van der Waals surface area contributed by atoms with Crippen LogP contribution in [0.3, 0.4) is 0 Å². The maximum atomic E-state index is 12.5. The molecule has 2 heterocycles. The average molecular weight is 299 g/mol. The van der Waals surface area contributed by atoms with Gasteiger partial charge in [0.15, 0.2) is 23.4 Å². The molecule has 4 rings (SSSR count). The zero-order chi connectivity index (χ0) is 15.6. The van der Waals surface area contributed by atoms with E-state index in [1.165, 1.54) is 0 Å². The number of rotatable bonds is 0. The summed E-state index contributed by atoms with van der Waals surface area (Å²) in [5.74, 6) is 1.14. The number of ketones is 1. The fourth-order valence-electron chi connectivity index (χ4n) is 4.55. The highest BCUT2D eigenvalue weighted by molar-refractivity contribution is 5.90. The van der Waals surface area contributed by atoms with Crippen LogP contribution in [0, 0.1) is 5.92 Å². The molecular weight excluding hydrogens is 278 g/mol. The largest absolute Gasteiger partial charge is 0.504 e. The molecule has 22 heavy (non-hydrogen) atoms. The van der Waals surface area contributed by atoms with Gasteiger partial charge in [0.2, 0.25) is 0 Å². The van der Waals surface area contributed by atoms with Crippen molar-refractivity contribution in [3.8, 4) is 11.5 Å². The van der Waals surface area contributed by atoms with Gasteiger partial charge in [-0.2, -0.15) is 0 Å². The third kappa shape index (κ3) is 1.45. The van der Waals surface area contributed by atoms with Crippen LogP contribution < -0.4 is 4.74 Å². The minimum Gasteiger partial charge on any atom is -0.504 e. The monoisotopic (exact) mass is 299 g/mol. The first-order chi connectivity index (χ1) is 10.5. The Morgan fingerprint density at radius 2 is 2.23 bits per heavy atom. The van der Waals surface area contributed by atoms with Gasteiger partial charge in [0.25, 0.3) is 0 Å². The lowest BCUT2D eigenvalue weighted by Crippen LogP contribution is -2.52. The number of Topliss-reactive ketones (excluding diaryl/α,β-unsaturated/α-hetero) is 1. The first-order valence-corrected chi connectivity index (χ1v) is 7.93. The minimum absolute atomic E-state index is 0.130. The first kappa shape index (κ1) is 13.7. The predicted octanol–water partition coefficient (Wildman–Crippen LogP) is 2.70. The van der Waals surface area contributed by atoms with E-state index in [1.54, 1.807) is 6.07 Å². The van der Waals surface area contributed by atoms with Gasteiger partial charge >= 0.3 is 0 Å². The van der Waals surface area contributed by atoms with Crippen LogP contribution in [0.25, 0.3) is 5.70 Å². The second kappa shape index (κ2) is 4.28. The van der Waals surface area contributed by atoms with Gasteiger partial charge in [-0.1, -0.05) is 13.5 Å².